The highest BCUT2D eigenvalue weighted by Gasteiger charge is 2.31. The maximum Gasteiger partial charge on any atom is 0.277 e. The van der Waals surface area contributed by atoms with Crippen LogP contribution in [-0.2, 0) is 13.0 Å². The molecule has 4 heterocycles. The van der Waals surface area contributed by atoms with E-state index in [-0.39, 0.29) is 17.5 Å². The van der Waals surface area contributed by atoms with Gasteiger partial charge in [0.25, 0.3) is 11.8 Å². The number of carbonyl (C=O) groups is 2. The van der Waals surface area contributed by atoms with Gasteiger partial charge in [0.2, 0.25) is 0 Å². The SMILES string of the molecule is O=C(Nc1nc2c(s1)CN(C(=O)c1cc(C3CC3)on1)CC2)c1cnccn1. The van der Waals surface area contributed by atoms with Crippen LogP contribution in [0.5, 0.6) is 0 Å². The molecule has 10 heteroatoms. The molecule has 0 atom stereocenters. The number of thiazole rings is 1. The van der Waals surface area contributed by atoms with Crippen LogP contribution in [0.25, 0.3) is 0 Å². The topological polar surface area (TPSA) is 114 Å². The lowest BCUT2D eigenvalue weighted by molar-refractivity contribution is 0.0725. The summed E-state index contributed by atoms with van der Waals surface area (Å²) in [5, 5.41) is 7.18. The van der Waals surface area contributed by atoms with Crippen molar-refractivity contribution in [2.45, 2.75) is 31.7 Å². The smallest absolute Gasteiger partial charge is 0.277 e. The molecule has 9 nitrogen and oxygen atoms in total. The van der Waals surface area contributed by atoms with Gasteiger partial charge < -0.3 is 9.42 Å². The molecule has 0 aromatic carbocycles. The number of nitrogens with one attached hydrogen (secondary N) is 1. The summed E-state index contributed by atoms with van der Waals surface area (Å²) in [5.74, 6) is 0.721. The van der Waals surface area contributed by atoms with Gasteiger partial charge in [-0.25, -0.2) is 9.97 Å². The molecule has 0 unspecified atom stereocenters. The number of nitrogens with zero attached hydrogens (tertiary/aromatic N) is 5. The average Bonchev–Trinajstić information content (AvgIpc) is 3.31. The summed E-state index contributed by atoms with van der Waals surface area (Å²) in [5.41, 5.74) is 1.48. The Morgan fingerprint density at radius 2 is 2.14 bits per heavy atom. The Hall–Kier alpha value is -3.14. The molecule has 2 amide bonds. The lowest BCUT2D eigenvalue weighted by atomic mass is 10.1. The van der Waals surface area contributed by atoms with Gasteiger partial charge in [0.05, 0.1) is 18.4 Å². The highest BCUT2D eigenvalue weighted by Crippen LogP contribution is 2.40. The number of fused-ring (bicyclic) bond motifs is 1. The van der Waals surface area contributed by atoms with Gasteiger partial charge in [-0.1, -0.05) is 16.5 Å². The number of rotatable bonds is 4. The number of carbonyl (C=O) groups excluding carboxylic acids is 2. The van der Waals surface area contributed by atoms with Crippen molar-refractivity contribution in [3.63, 3.8) is 0 Å². The largest absolute Gasteiger partial charge is 0.360 e. The van der Waals surface area contributed by atoms with E-state index in [1.54, 1.807) is 11.0 Å². The van der Waals surface area contributed by atoms with Crippen LogP contribution in [0.15, 0.2) is 29.2 Å². The van der Waals surface area contributed by atoms with E-state index in [0.29, 0.717) is 36.3 Å². The Morgan fingerprint density at radius 1 is 1.25 bits per heavy atom. The number of hydrogen-bond acceptors (Lipinski definition) is 8. The molecule has 0 saturated heterocycles. The summed E-state index contributed by atoms with van der Waals surface area (Å²) in [6, 6.07) is 1.76. The molecule has 1 N–H and O–H groups in total. The minimum absolute atomic E-state index is 0.139. The second-order valence-corrected chi connectivity index (χ2v) is 7.88. The summed E-state index contributed by atoms with van der Waals surface area (Å²) >= 11 is 1.37. The van der Waals surface area contributed by atoms with E-state index in [1.165, 1.54) is 29.9 Å². The van der Waals surface area contributed by atoms with Crippen molar-refractivity contribution >= 4 is 28.3 Å². The summed E-state index contributed by atoms with van der Waals surface area (Å²) in [6.07, 6.45) is 7.19. The van der Waals surface area contributed by atoms with Crippen LogP contribution >= 0.6 is 11.3 Å². The normalized spacial score (nSPS) is 15.9. The molecule has 0 radical (unpaired) electrons. The zero-order valence-corrected chi connectivity index (χ0v) is 15.6. The van der Waals surface area contributed by atoms with Gasteiger partial charge >= 0.3 is 0 Å². The van der Waals surface area contributed by atoms with Gasteiger partial charge in [-0.15, -0.1) is 0 Å². The van der Waals surface area contributed by atoms with Crippen LogP contribution in [0.4, 0.5) is 5.13 Å². The third kappa shape index (κ3) is 3.26. The number of amides is 2. The molecule has 1 aliphatic carbocycles. The molecule has 0 bridgehead atoms. The molecule has 0 spiro atoms. The van der Waals surface area contributed by atoms with Crippen molar-refractivity contribution in [1.29, 1.82) is 0 Å². The van der Waals surface area contributed by atoms with Crippen molar-refractivity contribution in [3.8, 4) is 0 Å². The monoisotopic (exact) mass is 396 g/mol. The van der Waals surface area contributed by atoms with Crippen LogP contribution in [0.3, 0.4) is 0 Å². The van der Waals surface area contributed by atoms with E-state index in [9.17, 15) is 9.59 Å². The van der Waals surface area contributed by atoms with Crippen LogP contribution in [0.2, 0.25) is 0 Å². The fraction of sp³-hybridized carbons (Fsp3) is 0.333. The van der Waals surface area contributed by atoms with E-state index in [1.807, 2.05) is 0 Å². The van der Waals surface area contributed by atoms with Crippen molar-refractivity contribution in [3.05, 3.63) is 52.4 Å². The number of aromatic nitrogens is 4. The Labute approximate surface area is 163 Å². The zero-order valence-electron chi connectivity index (χ0n) is 14.8. The molecule has 5 rings (SSSR count). The first-order valence-electron chi connectivity index (χ1n) is 8.99. The van der Waals surface area contributed by atoms with Gasteiger partial charge in [-0.05, 0) is 12.8 Å². The second-order valence-electron chi connectivity index (χ2n) is 6.80. The molecule has 1 saturated carbocycles. The minimum atomic E-state index is -0.359. The lowest BCUT2D eigenvalue weighted by Crippen LogP contribution is -2.35. The van der Waals surface area contributed by atoms with Crippen molar-refractivity contribution in [2.75, 3.05) is 11.9 Å². The predicted octanol–water partition coefficient (Wildman–Crippen LogP) is 2.25. The van der Waals surface area contributed by atoms with Crippen molar-refractivity contribution in [2.24, 2.45) is 0 Å². The van der Waals surface area contributed by atoms with E-state index < -0.39 is 0 Å². The molecule has 2 aliphatic rings. The Kier molecular flexibility index (Phi) is 4.12. The number of anilines is 1. The Balaban J connectivity index is 1.28. The third-order valence-corrected chi connectivity index (χ3v) is 5.76. The maximum absolute atomic E-state index is 12.7. The second kappa shape index (κ2) is 6.79. The first-order valence-corrected chi connectivity index (χ1v) is 9.81. The van der Waals surface area contributed by atoms with Crippen molar-refractivity contribution < 1.29 is 14.1 Å². The van der Waals surface area contributed by atoms with Crippen LogP contribution in [0.1, 0.15) is 56.1 Å². The van der Waals surface area contributed by atoms with Crippen LogP contribution in [0, 0.1) is 0 Å². The predicted molar refractivity (Wildman–Crippen MR) is 99.0 cm³/mol. The molecule has 1 aliphatic heterocycles. The van der Waals surface area contributed by atoms with Gasteiger partial charge in [0.15, 0.2) is 10.8 Å². The van der Waals surface area contributed by atoms with Crippen LogP contribution in [-0.4, -0.2) is 43.4 Å². The fourth-order valence-electron chi connectivity index (χ4n) is 3.11. The van der Waals surface area contributed by atoms with Crippen LogP contribution < -0.4 is 5.32 Å². The van der Waals surface area contributed by atoms with Gasteiger partial charge in [0.1, 0.15) is 11.5 Å². The summed E-state index contributed by atoms with van der Waals surface area (Å²) in [6.45, 7) is 0.997. The third-order valence-electron chi connectivity index (χ3n) is 4.76. The molecule has 3 aromatic heterocycles. The highest BCUT2D eigenvalue weighted by atomic mass is 32.1. The lowest BCUT2D eigenvalue weighted by Gasteiger charge is -2.25. The first kappa shape index (κ1) is 17.0. The van der Waals surface area contributed by atoms with Crippen molar-refractivity contribution in [1.82, 2.24) is 25.0 Å². The zero-order chi connectivity index (χ0) is 19.1. The molecular formula is C18H16N6O3S. The molecular weight excluding hydrogens is 380 g/mol. The molecule has 1 fully saturated rings. The van der Waals surface area contributed by atoms with E-state index in [0.717, 1.165) is 29.2 Å². The van der Waals surface area contributed by atoms with Gasteiger partial charge in [-0.2, -0.15) is 0 Å². The summed E-state index contributed by atoms with van der Waals surface area (Å²) < 4.78 is 5.29. The van der Waals surface area contributed by atoms with E-state index >= 15 is 0 Å². The molecule has 3 aromatic rings. The summed E-state index contributed by atoms with van der Waals surface area (Å²) in [7, 11) is 0. The quantitative estimate of drug-likeness (QED) is 0.719. The minimum Gasteiger partial charge on any atom is -0.360 e. The van der Waals surface area contributed by atoms with Gasteiger partial charge in [0, 0.05) is 42.2 Å². The maximum atomic E-state index is 12.7. The summed E-state index contributed by atoms with van der Waals surface area (Å²) in [4.78, 5) is 40.0. The Morgan fingerprint density at radius 3 is 2.93 bits per heavy atom. The molecule has 142 valence electrons. The standard InChI is InChI=1S/C18H16N6O3S/c25-16(13-8-19-4-5-20-13)22-18-21-11-3-6-24(9-15(11)28-18)17(26)12-7-14(27-23-12)10-1-2-10/h4-5,7-8,10H,1-3,6,9H2,(H,21,22,25). The average molecular weight is 396 g/mol. The first-order chi connectivity index (χ1) is 13.7. The van der Waals surface area contributed by atoms with E-state index in [2.05, 4.69) is 25.4 Å². The Bertz CT molecular complexity index is 1040. The highest BCUT2D eigenvalue weighted by molar-refractivity contribution is 7.15. The van der Waals surface area contributed by atoms with E-state index in [4.69, 9.17) is 4.52 Å². The molecule has 28 heavy (non-hydrogen) atoms. The van der Waals surface area contributed by atoms with Gasteiger partial charge in [-0.3, -0.25) is 19.9 Å². The fourth-order valence-corrected chi connectivity index (χ4v) is 4.13. The number of hydrogen-bond donors (Lipinski definition) is 1.